The SMILES string of the molecule is CCOc1nc2c(CC)cccc2n1C1c2ccc(-c3ccccc3)c1c2-c1nn[nH]n1. The first-order chi connectivity index (χ1) is 15.8. The van der Waals surface area contributed by atoms with Gasteiger partial charge >= 0.3 is 0 Å². The second-order valence-electron chi connectivity index (χ2n) is 7.83. The van der Waals surface area contributed by atoms with Gasteiger partial charge in [0.1, 0.15) is 0 Å². The molecule has 0 fully saturated rings. The third-order valence-electron chi connectivity index (χ3n) is 6.18. The molecule has 2 aliphatic carbocycles. The average molecular weight is 422 g/mol. The van der Waals surface area contributed by atoms with Gasteiger partial charge in [0.2, 0.25) is 5.82 Å². The number of tetrazole rings is 1. The molecule has 0 spiro atoms. The van der Waals surface area contributed by atoms with Crippen LogP contribution in [0.2, 0.25) is 0 Å². The van der Waals surface area contributed by atoms with Crippen molar-refractivity contribution in [3.8, 4) is 6.01 Å². The largest absolute Gasteiger partial charge is 0.465 e. The Kier molecular flexibility index (Phi) is 4.28. The highest BCUT2D eigenvalue weighted by Gasteiger charge is 2.44. The highest BCUT2D eigenvalue weighted by molar-refractivity contribution is 6.05. The van der Waals surface area contributed by atoms with Crippen LogP contribution >= 0.6 is 0 Å². The van der Waals surface area contributed by atoms with Gasteiger partial charge in [-0.1, -0.05) is 61.5 Å². The third kappa shape index (κ3) is 2.60. The van der Waals surface area contributed by atoms with Crippen molar-refractivity contribution in [1.82, 2.24) is 30.2 Å². The van der Waals surface area contributed by atoms with Gasteiger partial charge in [0.05, 0.1) is 23.7 Å². The average Bonchev–Trinajstić information content (AvgIpc) is 3.48. The quantitative estimate of drug-likeness (QED) is 0.493. The summed E-state index contributed by atoms with van der Waals surface area (Å²) < 4.78 is 8.26. The van der Waals surface area contributed by atoms with E-state index in [2.05, 4.69) is 86.7 Å². The molecule has 0 amide bonds. The van der Waals surface area contributed by atoms with Crippen LogP contribution in [0.4, 0.5) is 0 Å². The maximum atomic E-state index is 6.04. The molecule has 1 N–H and O–H groups in total. The highest BCUT2D eigenvalue weighted by atomic mass is 16.5. The predicted octanol–water partition coefficient (Wildman–Crippen LogP) is 4.54. The first kappa shape index (κ1) is 18.7. The molecular weight excluding hydrogens is 400 g/mol. The van der Waals surface area contributed by atoms with Gasteiger partial charge in [-0.25, -0.2) is 0 Å². The number of aromatic amines is 1. The Morgan fingerprint density at radius 3 is 2.66 bits per heavy atom. The van der Waals surface area contributed by atoms with Gasteiger partial charge in [-0.2, -0.15) is 10.2 Å². The normalized spacial score (nSPS) is 17.2. The summed E-state index contributed by atoms with van der Waals surface area (Å²) >= 11 is 0. The van der Waals surface area contributed by atoms with E-state index in [0.717, 1.165) is 45.3 Å². The monoisotopic (exact) mass is 422 g/mol. The van der Waals surface area contributed by atoms with E-state index in [1.54, 1.807) is 0 Å². The Morgan fingerprint density at radius 1 is 1.03 bits per heavy atom. The fourth-order valence-electron chi connectivity index (χ4n) is 4.80. The van der Waals surface area contributed by atoms with Gasteiger partial charge in [0.25, 0.3) is 6.01 Å². The van der Waals surface area contributed by atoms with Crippen LogP contribution in [-0.2, 0) is 6.42 Å². The lowest BCUT2D eigenvalue weighted by Crippen LogP contribution is -2.29. The Balaban J connectivity index is 1.60. The first-order valence-electron chi connectivity index (χ1n) is 10.9. The Morgan fingerprint density at radius 2 is 1.91 bits per heavy atom. The molecule has 4 aromatic rings. The number of H-pyrrole nitrogens is 1. The van der Waals surface area contributed by atoms with E-state index < -0.39 is 0 Å². The summed E-state index contributed by atoms with van der Waals surface area (Å²) in [4.78, 5) is 4.91. The predicted molar refractivity (Wildman–Crippen MR) is 123 cm³/mol. The number of nitrogens with one attached hydrogen (secondary N) is 1. The van der Waals surface area contributed by atoms with Crippen LogP contribution in [0.3, 0.4) is 0 Å². The van der Waals surface area contributed by atoms with Crippen molar-refractivity contribution >= 4 is 22.2 Å². The van der Waals surface area contributed by atoms with E-state index in [1.165, 1.54) is 5.56 Å². The Bertz CT molecular complexity index is 1410. The lowest BCUT2D eigenvalue weighted by Gasteiger charge is -2.41. The molecule has 7 heteroatoms. The van der Waals surface area contributed by atoms with Gasteiger partial charge < -0.3 is 4.74 Å². The number of ether oxygens (including phenoxy) is 1. The summed E-state index contributed by atoms with van der Waals surface area (Å²) in [5.74, 6) is 0.612. The molecule has 158 valence electrons. The minimum Gasteiger partial charge on any atom is -0.465 e. The lowest BCUT2D eigenvalue weighted by atomic mass is 9.68. The van der Waals surface area contributed by atoms with Crippen LogP contribution in [-0.4, -0.2) is 36.8 Å². The van der Waals surface area contributed by atoms with Gasteiger partial charge in [-0.15, -0.1) is 10.2 Å². The van der Waals surface area contributed by atoms with Crippen molar-refractivity contribution < 1.29 is 4.74 Å². The Labute approximate surface area is 185 Å². The van der Waals surface area contributed by atoms with Crippen LogP contribution in [0.1, 0.15) is 36.8 Å². The summed E-state index contributed by atoms with van der Waals surface area (Å²) in [5, 5.41) is 15.0. The highest BCUT2D eigenvalue weighted by Crippen LogP contribution is 2.57. The van der Waals surface area contributed by atoms with Crippen LogP contribution in [0.5, 0.6) is 6.01 Å². The van der Waals surface area contributed by atoms with Crippen LogP contribution in [0.25, 0.3) is 22.2 Å². The molecule has 32 heavy (non-hydrogen) atoms. The van der Waals surface area contributed by atoms with Crippen LogP contribution < -0.4 is 4.74 Å². The molecule has 2 aromatic carbocycles. The van der Waals surface area contributed by atoms with E-state index in [0.29, 0.717) is 18.4 Å². The van der Waals surface area contributed by atoms with Crippen molar-refractivity contribution in [2.45, 2.75) is 26.3 Å². The van der Waals surface area contributed by atoms with E-state index in [-0.39, 0.29) is 6.04 Å². The number of aromatic nitrogens is 6. The fraction of sp³-hybridized carbons (Fsp3) is 0.200. The summed E-state index contributed by atoms with van der Waals surface area (Å²) in [7, 11) is 0. The molecular formula is C25H22N6O. The lowest BCUT2D eigenvalue weighted by molar-refractivity contribution is 0.295. The summed E-state index contributed by atoms with van der Waals surface area (Å²) in [6, 6.07) is 17.4. The second-order valence-corrected chi connectivity index (χ2v) is 7.83. The summed E-state index contributed by atoms with van der Waals surface area (Å²) in [6.07, 6.45) is 5.26. The van der Waals surface area contributed by atoms with Crippen molar-refractivity contribution in [3.63, 3.8) is 0 Å². The van der Waals surface area contributed by atoms with Gasteiger partial charge in [-0.05, 0) is 52.5 Å². The summed E-state index contributed by atoms with van der Waals surface area (Å²) in [5.41, 5.74) is 8.92. The van der Waals surface area contributed by atoms with Crippen molar-refractivity contribution in [2.24, 2.45) is 0 Å². The molecule has 2 aliphatic rings. The van der Waals surface area contributed by atoms with Crippen molar-refractivity contribution in [3.05, 3.63) is 88.8 Å². The maximum absolute atomic E-state index is 6.04. The molecule has 2 heterocycles. The summed E-state index contributed by atoms with van der Waals surface area (Å²) in [6.45, 7) is 4.70. The van der Waals surface area contributed by atoms with Crippen molar-refractivity contribution in [2.75, 3.05) is 6.61 Å². The number of benzene rings is 2. The number of imidazole rings is 1. The van der Waals surface area contributed by atoms with Gasteiger partial charge in [-0.3, -0.25) is 4.57 Å². The topological polar surface area (TPSA) is 81.5 Å². The first-order valence-corrected chi connectivity index (χ1v) is 10.9. The molecule has 2 aromatic heterocycles. The number of fused-ring (bicyclic) bond motifs is 3. The maximum Gasteiger partial charge on any atom is 0.298 e. The molecule has 7 nitrogen and oxygen atoms in total. The molecule has 2 bridgehead atoms. The fourth-order valence-corrected chi connectivity index (χ4v) is 4.80. The van der Waals surface area contributed by atoms with E-state index >= 15 is 0 Å². The zero-order chi connectivity index (χ0) is 21.7. The standard InChI is InChI=1S/C25H22N6O/c1-3-15-11-8-12-19-22(15)26-25(32-4-2)31(19)23-18-14-13-17(16-9-6-5-7-10-16)20(23)21(18)24-27-29-30-28-24/h5-14,23H,3-4H2,1-2H3,(H,27,28,29,30). The van der Waals surface area contributed by atoms with E-state index in [4.69, 9.17) is 9.72 Å². The third-order valence-corrected chi connectivity index (χ3v) is 6.18. The number of allylic oxidation sites excluding steroid dienone is 6. The van der Waals surface area contributed by atoms with Gasteiger partial charge in [0, 0.05) is 5.57 Å². The second kappa shape index (κ2) is 7.30. The number of nitrogens with zero attached hydrogens (tertiary/aromatic N) is 5. The van der Waals surface area contributed by atoms with Crippen LogP contribution in [0, 0.1) is 0 Å². The number of hydrogen-bond donors (Lipinski definition) is 1. The van der Waals surface area contributed by atoms with Gasteiger partial charge in [0.15, 0.2) is 0 Å². The van der Waals surface area contributed by atoms with Crippen molar-refractivity contribution in [1.29, 1.82) is 0 Å². The number of hydrogen-bond acceptors (Lipinski definition) is 5. The number of para-hydroxylation sites is 1. The molecule has 1 atom stereocenters. The molecule has 6 rings (SSSR count). The number of rotatable bonds is 6. The zero-order valence-corrected chi connectivity index (χ0v) is 17.9. The Hall–Kier alpha value is -4.00. The minimum absolute atomic E-state index is 0.0256. The molecule has 1 unspecified atom stereocenters. The molecule has 0 saturated carbocycles. The number of aryl methyl sites for hydroxylation is 1. The molecule has 0 aliphatic heterocycles. The smallest absolute Gasteiger partial charge is 0.298 e. The van der Waals surface area contributed by atoms with Crippen LogP contribution in [0.15, 0.2) is 71.8 Å². The molecule has 0 saturated heterocycles. The zero-order valence-electron chi connectivity index (χ0n) is 17.9. The molecule has 0 radical (unpaired) electrons. The minimum atomic E-state index is -0.0256. The van der Waals surface area contributed by atoms with E-state index in [9.17, 15) is 0 Å². The van der Waals surface area contributed by atoms with E-state index in [1.807, 2.05) is 13.0 Å².